The first-order valence-electron chi connectivity index (χ1n) is 9.15. The lowest BCUT2D eigenvalue weighted by Crippen LogP contribution is -2.60. The van der Waals surface area contributed by atoms with Crippen LogP contribution in [0.2, 0.25) is 0 Å². The number of fused-ring (bicyclic) bond motifs is 2. The first-order chi connectivity index (χ1) is 12.4. The Morgan fingerprint density at radius 2 is 1.96 bits per heavy atom. The zero-order chi connectivity index (χ0) is 18.4. The summed E-state index contributed by atoms with van der Waals surface area (Å²) in [6, 6.07) is 8.09. The molecule has 2 saturated heterocycles. The van der Waals surface area contributed by atoms with Crippen molar-refractivity contribution in [3.8, 4) is 0 Å². The van der Waals surface area contributed by atoms with E-state index in [1.165, 1.54) is 10.6 Å². The van der Waals surface area contributed by atoms with E-state index in [0.717, 1.165) is 37.2 Å². The second kappa shape index (κ2) is 6.60. The summed E-state index contributed by atoms with van der Waals surface area (Å²) in [5.74, 6) is -0.0285. The van der Waals surface area contributed by atoms with Crippen LogP contribution >= 0.6 is 0 Å². The lowest BCUT2D eigenvalue weighted by molar-refractivity contribution is -0.101. The van der Waals surface area contributed by atoms with Crippen molar-refractivity contribution in [2.75, 3.05) is 39.0 Å². The number of rotatable bonds is 4. The van der Waals surface area contributed by atoms with Gasteiger partial charge in [0.15, 0.2) is 0 Å². The van der Waals surface area contributed by atoms with E-state index in [-0.39, 0.29) is 5.92 Å². The minimum absolute atomic E-state index is 0.0285. The van der Waals surface area contributed by atoms with Gasteiger partial charge in [0.2, 0.25) is 10.0 Å². The van der Waals surface area contributed by atoms with Gasteiger partial charge in [0.1, 0.15) is 0 Å². The van der Waals surface area contributed by atoms with Gasteiger partial charge < -0.3 is 14.6 Å². The van der Waals surface area contributed by atoms with Crippen LogP contribution in [0.4, 0.5) is 0 Å². The summed E-state index contributed by atoms with van der Waals surface area (Å²) in [5.41, 5.74) is 1.40. The van der Waals surface area contributed by atoms with E-state index in [4.69, 9.17) is 0 Å². The highest BCUT2D eigenvalue weighted by molar-refractivity contribution is 7.88. The average Bonchev–Trinajstić information content (AvgIpc) is 3.02. The molecule has 1 N–H and O–H groups in total. The zero-order valence-corrected chi connectivity index (χ0v) is 15.9. The third-order valence-corrected chi connectivity index (χ3v) is 7.24. The number of hydrogen-bond donors (Lipinski definition) is 1. The number of para-hydroxylation sites is 2. The third-order valence-electron chi connectivity index (χ3n) is 5.97. The van der Waals surface area contributed by atoms with E-state index in [1.807, 2.05) is 24.5 Å². The predicted molar refractivity (Wildman–Crippen MR) is 100 cm³/mol. The van der Waals surface area contributed by atoms with Crippen LogP contribution in [0.1, 0.15) is 12.8 Å². The standard InChI is InChI=1S/C18H26N4O3S/c1-26(24,25)22-9-7-18(23)6-8-20(12-15(18)13-22)10-11-21-14-19-16-4-2-3-5-17(16)21/h2-5,14-15,23H,6-13H2,1H3/t15-,18-/m0/s1. The Balaban J connectivity index is 1.42. The van der Waals surface area contributed by atoms with E-state index in [2.05, 4.69) is 20.5 Å². The van der Waals surface area contributed by atoms with Gasteiger partial charge in [-0.15, -0.1) is 0 Å². The van der Waals surface area contributed by atoms with Crippen LogP contribution in [-0.2, 0) is 16.6 Å². The molecule has 7 nitrogen and oxygen atoms in total. The number of piperidine rings is 2. The van der Waals surface area contributed by atoms with Gasteiger partial charge in [0, 0.05) is 45.2 Å². The number of hydrogen-bond acceptors (Lipinski definition) is 5. The number of aromatic nitrogens is 2. The third kappa shape index (κ3) is 3.38. The molecule has 3 heterocycles. The minimum Gasteiger partial charge on any atom is -0.389 e. The van der Waals surface area contributed by atoms with Crippen molar-refractivity contribution in [1.29, 1.82) is 0 Å². The highest BCUT2D eigenvalue weighted by Crippen LogP contribution is 2.36. The van der Waals surface area contributed by atoms with E-state index in [0.29, 0.717) is 25.9 Å². The minimum atomic E-state index is -3.20. The van der Waals surface area contributed by atoms with Crippen LogP contribution < -0.4 is 0 Å². The Morgan fingerprint density at radius 1 is 1.19 bits per heavy atom. The summed E-state index contributed by atoms with van der Waals surface area (Å²) in [5, 5.41) is 10.9. The van der Waals surface area contributed by atoms with Crippen molar-refractivity contribution in [3.63, 3.8) is 0 Å². The molecule has 0 saturated carbocycles. The highest BCUT2D eigenvalue weighted by Gasteiger charge is 2.46. The molecule has 26 heavy (non-hydrogen) atoms. The van der Waals surface area contributed by atoms with Crippen LogP contribution in [0, 0.1) is 5.92 Å². The second-order valence-electron chi connectivity index (χ2n) is 7.65. The molecule has 2 aliphatic heterocycles. The van der Waals surface area contributed by atoms with Gasteiger partial charge in [-0.3, -0.25) is 0 Å². The molecule has 0 radical (unpaired) electrons. The quantitative estimate of drug-likeness (QED) is 0.850. The Kier molecular flexibility index (Phi) is 4.54. The van der Waals surface area contributed by atoms with Gasteiger partial charge in [-0.1, -0.05) is 12.1 Å². The van der Waals surface area contributed by atoms with E-state index in [1.54, 1.807) is 0 Å². The van der Waals surface area contributed by atoms with Crippen LogP contribution in [0.5, 0.6) is 0 Å². The van der Waals surface area contributed by atoms with E-state index < -0.39 is 15.6 Å². The van der Waals surface area contributed by atoms with Crippen LogP contribution in [0.3, 0.4) is 0 Å². The average molecular weight is 378 g/mol. The molecule has 2 aromatic rings. The number of benzene rings is 1. The van der Waals surface area contributed by atoms with Crippen molar-refractivity contribution in [1.82, 2.24) is 18.8 Å². The zero-order valence-electron chi connectivity index (χ0n) is 15.1. The van der Waals surface area contributed by atoms with Gasteiger partial charge in [0.05, 0.1) is 29.2 Å². The first kappa shape index (κ1) is 17.9. The Hall–Kier alpha value is -1.48. The normalized spacial score (nSPS) is 28.3. The first-order valence-corrected chi connectivity index (χ1v) is 11.0. The van der Waals surface area contributed by atoms with Crippen molar-refractivity contribution in [2.24, 2.45) is 5.92 Å². The second-order valence-corrected chi connectivity index (χ2v) is 9.63. The molecule has 1 aromatic heterocycles. The lowest BCUT2D eigenvalue weighted by Gasteiger charge is -2.49. The number of likely N-dealkylation sites (tertiary alicyclic amines) is 1. The number of nitrogens with zero attached hydrogens (tertiary/aromatic N) is 4. The predicted octanol–water partition coefficient (Wildman–Crippen LogP) is 0.755. The maximum absolute atomic E-state index is 11.9. The molecule has 1 aromatic carbocycles. The van der Waals surface area contributed by atoms with Crippen molar-refractivity contribution in [2.45, 2.75) is 25.0 Å². The molecule has 2 aliphatic rings. The SMILES string of the molecule is CS(=O)(=O)N1CC[C@@]2(O)CCN(CCn3cnc4ccccc43)C[C@H]2C1. The largest absolute Gasteiger partial charge is 0.389 e. The molecule has 8 heteroatoms. The fourth-order valence-corrected chi connectivity index (χ4v) is 5.16. The Labute approximate surface area is 154 Å². The summed E-state index contributed by atoms with van der Waals surface area (Å²) in [6.45, 7) is 4.12. The van der Waals surface area contributed by atoms with Crippen molar-refractivity contribution >= 4 is 21.1 Å². The maximum atomic E-state index is 11.9. The summed E-state index contributed by atoms with van der Waals surface area (Å²) >= 11 is 0. The van der Waals surface area contributed by atoms with Crippen LogP contribution in [-0.4, -0.2) is 76.9 Å². The Morgan fingerprint density at radius 3 is 2.77 bits per heavy atom. The number of sulfonamides is 1. The topological polar surface area (TPSA) is 78.7 Å². The number of aliphatic hydroxyl groups is 1. The van der Waals surface area contributed by atoms with Gasteiger partial charge in [0.25, 0.3) is 0 Å². The van der Waals surface area contributed by atoms with Gasteiger partial charge in [-0.05, 0) is 25.0 Å². The molecule has 4 rings (SSSR count). The summed E-state index contributed by atoms with van der Waals surface area (Å²) in [6.07, 6.45) is 4.36. The van der Waals surface area contributed by atoms with E-state index in [9.17, 15) is 13.5 Å². The summed E-state index contributed by atoms with van der Waals surface area (Å²) in [7, 11) is -3.20. The van der Waals surface area contributed by atoms with Crippen LogP contribution in [0.15, 0.2) is 30.6 Å². The molecule has 142 valence electrons. The molecule has 0 spiro atoms. The van der Waals surface area contributed by atoms with Gasteiger partial charge in [-0.25, -0.2) is 17.7 Å². The molecule has 2 atom stereocenters. The molecular formula is C18H26N4O3S. The van der Waals surface area contributed by atoms with Gasteiger partial charge >= 0.3 is 0 Å². The smallest absolute Gasteiger partial charge is 0.211 e. The monoisotopic (exact) mass is 378 g/mol. The lowest BCUT2D eigenvalue weighted by atomic mass is 9.76. The molecule has 2 fully saturated rings. The molecule has 0 unspecified atom stereocenters. The summed E-state index contributed by atoms with van der Waals surface area (Å²) < 4.78 is 27.4. The highest BCUT2D eigenvalue weighted by atomic mass is 32.2. The maximum Gasteiger partial charge on any atom is 0.211 e. The fourth-order valence-electron chi connectivity index (χ4n) is 4.28. The molecule has 0 amide bonds. The van der Waals surface area contributed by atoms with Crippen molar-refractivity contribution in [3.05, 3.63) is 30.6 Å². The molecule has 0 aliphatic carbocycles. The van der Waals surface area contributed by atoms with Crippen molar-refractivity contribution < 1.29 is 13.5 Å². The molecular weight excluding hydrogens is 352 g/mol. The number of imidazole rings is 1. The Bertz CT molecular complexity index is 897. The van der Waals surface area contributed by atoms with Crippen LogP contribution in [0.25, 0.3) is 11.0 Å². The van der Waals surface area contributed by atoms with E-state index >= 15 is 0 Å². The van der Waals surface area contributed by atoms with Gasteiger partial charge in [-0.2, -0.15) is 0 Å². The summed E-state index contributed by atoms with van der Waals surface area (Å²) in [4.78, 5) is 6.76. The fraction of sp³-hybridized carbons (Fsp3) is 0.611. The molecule has 0 bridgehead atoms.